The van der Waals surface area contributed by atoms with E-state index in [9.17, 15) is 36.6 Å². The van der Waals surface area contributed by atoms with Gasteiger partial charge in [-0.2, -0.15) is 26.3 Å². The Morgan fingerprint density at radius 2 is 1.29 bits per heavy atom. The van der Waals surface area contributed by atoms with Crippen molar-refractivity contribution in [3.05, 3.63) is 35.4 Å². The highest BCUT2D eigenvalue weighted by atomic mass is 19.4. The lowest BCUT2D eigenvalue weighted by Gasteiger charge is -2.17. The van der Waals surface area contributed by atoms with Crippen molar-refractivity contribution in [3.63, 3.8) is 0 Å². The quantitative estimate of drug-likeness (QED) is 0.355. The Morgan fingerprint density at radius 1 is 0.750 bits per heavy atom. The Kier molecular flexibility index (Phi) is 3.95. The molecule has 10 heteroatoms. The van der Waals surface area contributed by atoms with E-state index in [1.807, 2.05) is 0 Å². The molecule has 0 atom stereocenters. The third-order valence-corrected chi connectivity index (χ3v) is 3.30. The van der Waals surface area contributed by atoms with Crippen molar-refractivity contribution < 1.29 is 36.6 Å². The first-order valence-electron chi connectivity index (χ1n) is 6.22. The minimum atomic E-state index is -5.00. The Balaban J connectivity index is 2.76. The average Bonchev–Trinajstić information content (AvgIpc) is 2.43. The molecule has 0 heterocycles. The maximum atomic E-state index is 12.9. The highest BCUT2D eigenvalue weighted by Crippen LogP contribution is 2.46. The van der Waals surface area contributed by atoms with E-state index >= 15 is 0 Å². The molecule has 0 saturated heterocycles. The van der Waals surface area contributed by atoms with Crippen molar-refractivity contribution in [2.75, 3.05) is 11.5 Å². The van der Waals surface area contributed by atoms with E-state index in [1.165, 1.54) is 0 Å². The van der Waals surface area contributed by atoms with Crippen molar-refractivity contribution >= 4 is 11.4 Å². The number of alkyl halides is 6. The Hall–Kier alpha value is -2.78. The lowest BCUT2D eigenvalue weighted by molar-refractivity contribution is -0.139. The molecule has 130 valence electrons. The van der Waals surface area contributed by atoms with Gasteiger partial charge in [0.15, 0.2) is 5.75 Å². The number of anilines is 2. The van der Waals surface area contributed by atoms with Crippen LogP contribution in [0, 0.1) is 0 Å². The van der Waals surface area contributed by atoms with E-state index in [-0.39, 0.29) is 5.56 Å². The van der Waals surface area contributed by atoms with Gasteiger partial charge < -0.3 is 21.7 Å². The fourth-order valence-electron chi connectivity index (χ4n) is 2.09. The van der Waals surface area contributed by atoms with Gasteiger partial charge in [0.1, 0.15) is 11.3 Å². The molecular weight excluding hydrogens is 342 g/mol. The van der Waals surface area contributed by atoms with Gasteiger partial charge in [-0.1, -0.05) is 6.07 Å². The van der Waals surface area contributed by atoms with Crippen LogP contribution in [0.3, 0.4) is 0 Å². The van der Waals surface area contributed by atoms with Crippen LogP contribution in [-0.2, 0) is 12.4 Å². The van der Waals surface area contributed by atoms with E-state index < -0.39 is 51.9 Å². The molecule has 6 N–H and O–H groups in total. The van der Waals surface area contributed by atoms with Gasteiger partial charge in [0.2, 0.25) is 0 Å². The predicted molar refractivity (Wildman–Crippen MR) is 74.0 cm³/mol. The van der Waals surface area contributed by atoms with Gasteiger partial charge in [-0.15, -0.1) is 0 Å². The Morgan fingerprint density at radius 3 is 1.79 bits per heavy atom. The van der Waals surface area contributed by atoms with Crippen molar-refractivity contribution in [3.8, 4) is 22.6 Å². The molecule has 2 rings (SSSR count). The molecule has 4 nitrogen and oxygen atoms in total. The summed E-state index contributed by atoms with van der Waals surface area (Å²) in [4.78, 5) is 0. The van der Waals surface area contributed by atoms with Crippen LogP contribution in [-0.4, -0.2) is 10.2 Å². The number of nitrogen functional groups attached to an aromatic ring is 2. The zero-order valence-electron chi connectivity index (χ0n) is 11.6. The molecule has 0 saturated carbocycles. The Labute approximate surface area is 130 Å². The van der Waals surface area contributed by atoms with E-state index in [1.54, 1.807) is 0 Å². The molecule has 0 spiro atoms. The maximum Gasteiger partial charge on any atom is 0.420 e. The second-order valence-electron chi connectivity index (χ2n) is 4.88. The summed E-state index contributed by atoms with van der Waals surface area (Å²) < 4.78 is 77.2. The topological polar surface area (TPSA) is 92.5 Å². The summed E-state index contributed by atoms with van der Waals surface area (Å²) >= 11 is 0. The molecule has 0 aromatic heterocycles. The summed E-state index contributed by atoms with van der Waals surface area (Å²) in [6, 6.07) is 2.46. The van der Waals surface area contributed by atoms with E-state index in [0.29, 0.717) is 18.2 Å². The lowest BCUT2D eigenvalue weighted by Crippen LogP contribution is -2.10. The van der Waals surface area contributed by atoms with Gasteiger partial charge in [-0.3, -0.25) is 0 Å². The summed E-state index contributed by atoms with van der Waals surface area (Å²) in [6.07, 6.45) is -9.92. The van der Waals surface area contributed by atoms with Crippen LogP contribution in [0.1, 0.15) is 11.1 Å². The molecule has 0 radical (unpaired) electrons. The number of hydrogen-bond donors (Lipinski definition) is 4. The van der Waals surface area contributed by atoms with Crippen molar-refractivity contribution in [1.29, 1.82) is 0 Å². The third-order valence-electron chi connectivity index (χ3n) is 3.30. The first-order chi connectivity index (χ1) is 10.8. The largest absolute Gasteiger partial charge is 0.507 e. The normalized spacial score (nSPS) is 12.4. The van der Waals surface area contributed by atoms with Crippen molar-refractivity contribution in [2.24, 2.45) is 0 Å². The van der Waals surface area contributed by atoms with Crippen LogP contribution in [0.2, 0.25) is 0 Å². The first kappa shape index (κ1) is 17.6. The third kappa shape index (κ3) is 2.99. The minimum Gasteiger partial charge on any atom is -0.507 e. The second kappa shape index (κ2) is 5.39. The summed E-state index contributed by atoms with van der Waals surface area (Å²) in [6.45, 7) is 0. The highest BCUT2D eigenvalue weighted by molar-refractivity contribution is 5.89. The molecular formula is C14H10F6N2O2. The summed E-state index contributed by atoms with van der Waals surface area (Å²) in [5.41, 5.74) is 5.75. The number of halogens is 6. The smallest absolute Gasteiger partial charge is 0.420 e. The molecule has 0 unspecified atom stereocenters. The van der Waals surface area contributed by atoms with Crippen LogP contribution in [0.25, 0.3) is 11.1 Å². The summed E-state index contributed by atoms with van der Waals surface area (Å²) in [5.74, 6) is -2.40. The number of nitrogens with two attached hydrogens (primary N) is 2. The van der Waals surface area contributed by atoms with E-state index in [2.05, 4.69) is 0 Å². The van der Waals surface area contributed by atoms with Crippen LogP contribution >= 0.6 is 0 Å². The maximum absolute atomic E-state index is 12.9. The zero-order valence-corrected chi connectivity index (χ0v) is 11.6. The summed E-state index contributed by atoms with van der Waals surface area (Å²) in [7, 11) is 0. The van der Waals surface area contributed by atoms with Gasteiger partial charge in [-0.25, -0.2) is 0 Å². The van der Waals surface area contributed by atoms with E-state index in [4.69, 9.17) is 11.5 Å². The lowest BCUT2D eigenvalue weighted by atomic mass is 9.96. The number of phenolic OH excluding ortho intramolecular Hbond substituents is 2. The molecule has 2 aromatic carbocycles. The summed E-state index contributed by atoms with van der Waals surface area (Å²) in [5, 5.41) is 18.7. The number of hydrogen-bond acceptors (Lipinski definition) is 4. The first-order valence-corrected chi connectivity index (χ1v) is 6.22. The number of rotatable bonds is 1. The number of aromatic hydroxyl groups is 2. The molecule has 0 fully saturated rings. The van der Waals surface area contributed by atoms with Crippen LogP contribution in [0.5, 0.6) is 11.5 Å². The molecule has 0 aliphatic carbocycles. The zero-order chi connectivity index (χ0) is 18.4. The van der Waals surface area contributed by atoms with Gasteiger partial charge >= 0.3 is 12.4 Å². The predicted octanol–water partition coefficient (Wildman–Crippen LogP) is 3.97. The molecule has 0 aliphatic rings. The van der Waals surface area contributed by atoms with Crippen molar-refractivity contribution in [2.45, 2.75) is 12.4 Å². The van der Waals surface area contributed by atoms with Gasteiger partial charge in [0.05, 0.1) is 16.9 Å². The van der Waals surface area contributed by atoms with Gasteiger partial charge in [0, 0.05) is 5.56 Å². The Bertz CT molecular complexity index is 799. The van der Waals surface area contributed by atoms with Crippen LogP contribution in [0.4, 0.5) is 37.7 Å². The second-order valence-corrected chi connectivity index (χ2v) is 4.88. The molecule has 0 bridgehead atoms. The standard InChI is InChI=1S/C14H10F6N2O2/c15-13(16,17)7-3-5(1-2-9(7)23)6-4-8(14(18,19)20)12(24)11(22)10(6)21/h1-4,23-24H,21-22H2. The fourth-order valence-corrected chi connectivity index (χ4v) is 2.09. The SMILES string of the molecule is Nc1c(-c2ccc(O)c(C(F)(F)F)c2)cc(C(F)(F)F)c(O)c1N. The monoisotopic (exact) mass is 352 g/mol. The van der Waals surface area contributed by atoms with Crippen LogP contribution in [0.15, 0.2) is 24.3 Å². The van der Waals surface area contributed by atoms with E-state index in [0.717, 1.165) is 6.07 Å². The van der Waals surface area contributed by atoms with Gasteiger partial charge in [-0.05, 0) is 23.8 Å². The van der Waals surface area contributed by atoms with Crippen molar-refractivity contribution in [1.82, 2.24) is 0 Å². The molecule has 0 aliphatic heterocycles. The average molecular weight is 352 g/mol. The molecule has 24 heavy (non-hydrogen) atoms. The van der Waals surface area contributed by atoms with Crippen LogP contribution < -0.4 is 11.5 Å². The van der Waals surface area contributed by atoms with Gasteiger partial charge in [0.25, 0.3) is 0 Å². The molecule has 2 aromatic rings. The number of benzene rings is 2. The number of phenols is 2. The minimum absolute atomic E-state index is 0.352. The molecule has 0 amide bonds. The fraction of sp³-hybridized carbons (Fsp3) is 0.143. The highest BCUT2D eigenvalue weighted by Gasteiger charge is 2.37.